The Hall–Kier alpha value is -0.910. The molecule has 0 aromatic heterocycles. The Balaban J connectivity index is 1.61. The number of rotatable bonds is 8. The summed E-state index contributed by atoms with van der Waals surface area (Å²) >= 11 is 0. The maximum absolute atomic E-state index is 12.4. The van der Waals surface area contributed by atoms with Crippen molar-refractivity contribution in [1.82, 2.24) is 4.90 Å². The SMILES string of the molecule is NCc1ccc(S(=O)(=O)CCN(CC2CC2)C2CC2)cc1. The second kappa shape index (κ2) is 6.07. The lowest BCUT2D eigenvalue weighted by Gasteiger charge is -2.21. The van der Waals surface area contributed by atoms with Crippen LogP contribution in [-0.2, 0) is 16.4 Å². The molecule has 0 heterocycles. The van der Waals surface area contributed by atoms with Crippen LogP contribution in [0.25, 0.3) is 0 Å². The number of benzene rings is 1. The van der Waals surface area contributed by atoms with Gasteiger partial charge in [0, 0.05) is 25.7 Å². The Labute approximate surface area is 127 Å². The van der Waals surface area contributed by atoms with E-state index in [-0.39, 0.29) is 5.75 Å². The molecule has 2 N–H and O–H groups in total. The molecule has 0 aliphatic heterocycles. The van der Waals surface area contributed by atoms with Gasteiger partial charge in [0.15, 0.2) is 9.84 Å². The fraction of sp³-hybridized carbons (Fsp3) is 0.625. The van der Waals surface area contributed by atoms with Crippen LogP contribution in [0.1, 0.15) is 31.2 Å². The van der Waals surface area contributed by atoms with Gasteiger partial charge in [0.25, 0.3) is 0 Å². The first kappa shape index (κ1) is 15.0. The standard InChI is InChI=1S/C16H24N2O2S/c17-11-13-3-7-16(8-4-13)21(19,20)10-9-18(15-5-6-15)12-14-1-2-14/h3-4,7-8,14-15H,1-2,5-6,9-12,17H2. The van der Waals surface area contributed by atoms with Crippen LogP contribution in [-0.4, -0.2) is 38.2 Å². The fourth-order valence-electron chi connectivity index (χ4n) is 2.68. The quantitative estimate of drug-likeness (QED) is 0.795. The van der Waals surface area contributed by atoms with Gasteiger partial charge in [0.05, 0.1) is 10.6 Å². The van der Waals surface area contributed by atoms with E-state index in [1.807, 2.05) is 0 Å². The molecule has 4 nitrogen and oxygen atoms in total. The van der Waals surface area contributed by atoms with Gasteiger partial charge in [-0.2, -0.15) is 0 Å². The Kier molecular flexibility index (Phi) is 4.33. The average Bonchev–Trinajstić information content (AvgIpc) is 3.37. The molecule has 3 rings (SSSR count). The average molecular weight is 308 g/mol. The fourth-order valence-corrected chi connectivity index (χ4v) is 3.94. The van der Waals surface area contributed by atoms with E-state index in [1.165, 1.54) is 25.7 Å². The summed E-state index contributed by atoms with van der Waals surface area (Å²) in [6.45, 7) is 2.20. The molecule has 2 fully saturated rings. The van der Waals surface area contributed by atoms with Crippen LogP contribution in [0, 0.1) is 5.92 Å². The summed E-state index contributed by atoms with van der Waals surface area (Å²) in [7, 11) is -3.18. The molecule has 0 amide bonds. The summed E-state index contributed by atoms with van der Waals surface area (Å²) in [6.07, 6.45) is 5.10. The summed E-state index contributed by atoms with van der Waals surface area (Å²) in [5, 5.41) is 0. The highest BCUT2D eigenvalue weighted by Crippen LogP contribution is 2.34. The smallest absolute Gasteiger partial charge is 0.179 e. The molecule has 2 aliphatic carbocycles. The third-order valence-corrected chi connectivity index (χ3v) is 6.13. The van der Waals surface area contributed by atoms with Gasteiger partial charge in [-0.1, -0.05) is 12.1 Å². The van der Waals surface area contributed by atoms with Crippen LogP contribution in [0.4, 0.5) is 0 Å². The van der Waals surface area contributed by atoms with E-state index in [4.69, 9.17) is 5.73 Å². The zero-order valence-corrected chi connectivity index (χ0v) is 13.2. The molecule has 0 saturated heterocycles. The molecule has 1 aromatic rings. The molecule has 0 atom stereocenters. The second-order valence-corrected chi connectivity index (χ2v) is 8.45. The Morgan fingerprint density at radius 2 is 1.76 bits per heavy atom. The van der Waals surface area contributed by atoms with Crippen molar-refractivity contribution >= 4 is 9.84 Å². The molecule has 5 heteroatoms. The lowest BCUT2D eigenvalue weighted by molar-refractivity contribution is 0.267. The van der Waals surface area contributed by atoms with Crippen LogP contribution in [0.2, 0.25) is 0 Å². The molecule has 2 saturated carbocycles. The normalized spacial score (nSPS) is 19.1. The van der Waals surface area contributed by atoms with E-state index in [2.05, 4.69) is 4.90 Å². The molecule has 0 spiro atoms. The molecule has 0 radical (unpaired) electrons. The number of nitrogens with zero attached hydrogens (tertiary/aromatic N) is 1. The van der Waals surface area contributed by atoms with Crippen LogP contribution in [0.15, 0.2) is 29.2 Å². The molecule has 116 valence electrons. The van der Waals surface area contributed by atoms with E-state index >= 15 is 0 Å². The van der Waals surface area contributed by atoms with Crippen molar-refractivity contribution in [2.24, 2.45) is 11.7 Å². The number of hydrogen-bond acceptors (Lipinski definition) is 4. The molecule has 21 heavy (non-hydrogen) atoms. The van der Waals surface area contributed by atoms with Crippen molar-refractivity contribution in [2.45, 2.75) is 43.2 Å². The van der Waals surface area contributed by atoms with Gasteiger partial charge in [-0.15, -0.1) is 0 Å². The highest BCUT2D eigenvalue weighted by molar-refractivity contribution is 7.91. The minimum Gasteiger partial charge on any atom is -0.326 e. The van der Waals surface area contributed by atoms with Gasteiger partial charge < -0.3 is 5.73 Å². The highest BCUT2D eigenvalue weighted by Gasteiger charge is 2.34. The van der Waals surface area contributed by atoms with E-state index in [1.54, 1.807) is 24.3 Å². The van der Waals surface area contributed by atoms with Gasteiger partial charge in [0.2, 0.25) is 0 Å². The summed E-state index contributed by atoms with van der Waals surface area (Å²) in [4.78, 5) is 2.81. The van der Waals surface area contributed by atoms with Crippen LogP contribution in [0.5, 0.6) is 0 Å². The number of hydrogen-bond donors (Lipinski definition) is 1. The first-order valence-electron chi connectivity index (χ1n) is 7.84. The Morgan fingerprint density at radius 1 is 1.10 bits per heavy atom. The topological polar surface area (TPSA) is 63.4 Å². The van der Waals surface area contributed by atoms with Crippen LogP contribution >= 0.6 is 0 Å². The van der Waals surface area contributed by atoms with E-state index in [9.17, 15) is 8.42 Å². The van der Waals surface area contributed by atoms with Crippen molar-refractivity contribution in [3.8, 4) is 0 Å². The van der Waals surface area contributed by atoms with Crippen LogP contribution in [0.3, 0.4) is 0 Å². The molecular formula is C16H24N2O2S. The van der Waals surface area contributed by atoms with Gasteiger partial charge in [-0.25, -0.2) is 8.42 Å². The lowest BCUT2D eigenvalue weighted by atomic mass is 10.2. The molecule has 0 unspecified atom stereocenters. The Morgan fingerprint density at radius 3 is 2.29 bits per heavy atom. The number of sulfone groups is 1. The van der Waals surface area contributed by atoms with E-state index < -0.39 is 9.84 Å². The first-order chi connectivity index (χ1) is 10.1. The molecule has 2 aliphatic rings. The number of nitrogens with two attached hydrogens (primary N) is 1. The molecule has 0 bridgehead atoms. The zero-order chi connectivity index (χ0) is 14.9. The Bertz CT molecular complexity index is 575. The zero-order valence-electron chi connectivity index (χ0n) is 12.4. The lowest BCUT2D eigenvalue weighted by Crippen LogP contribution is -2.33. The summed E-state index contributed by atoms with van der Waals surface area (Å²) in [6, 6.07) is 7.60. The third-order valence-electron chi connectivity index (χ3n) is 4.42. The minimum atomic E-state index is -3.18. The highest BCUT2D eigenvalue weighted by atomic mass is 32.2. The largest absolute Gasteiger partial charge is 0.326 e. The molecular weight excluding hydrogens is 284 g/mol. The predicted molar refractivity (Wildman–Crippen MR) is 83.7 cm³/mol. The maximum atomic E-state index is 12.4. The minimum absolute atomic E-state index is 0.220. The van der Waals surface area contributed by atoms with E-state index in [0.717, 1.165) is 18.0 Å². The monoisotopic (exact) mass is 308 g/mol. The van der Waals surface area contributed by atoms with Crippen molar-refractivity contribution in [3.63, 3.8) is 0 Å². The van der Waals surface area contributed by atoms with E-state index in [0.29, 0.717) is 24.0 Å². The first-order valence-corrected chi connectivity index (χ1v) is 9.49. The van der Waals surface area contributed by atoms with Gasteiger partial charge in [-0.05, 0) is 49.3 Å². The van der Waals surface area contributed by atoms with Gasteiger partial charge in [-0.3, -0.25) is 4.90 Å². The summed E-state index contributed by atoms with van der Waals surface area (Å²) in [5.74, 6) is 1.04. The van der Waals surface area contributed by atoms with Gasteiger partial charge >= 0.3 is 0 Å². The third kappa shape index (κ3) is 4.05. The maximum Gasteiger partial charge on any atom is 0.179 e. The second-order valence-electron chi connectivity index (χ2n) is 6.34. The van der Waals surface area contributed by atoms with Crippen LogP contribution < -0.4 is 5.73 Å². The van der Waals surface area contributed by atoms with Crippen molar-refractivity contribution in [2.75, 3.05) is 18.8 Å². The predicted octanol–water partition coefficient (Wildman–Crippen LogP) is 1.79. The summed E-state index contributed by atoms with van der Waals surface area (Å²) in [5.41, 5.74) is 6.50. The molecule has 1 aromatic carbocycles. The summed E-state index contributed by atoms with van der Waals surface area (Å²) < 4.78 is 24.8. The van der Waals surface area contributed by atoms with Crippen molar-refractivity contribution in [1.29, 1.82) is 0 Å². The van der Waals surface area contributed by atoms with Crippen molar-refractivity contribution in [3.05, 3.63) is 29.8 Å². The van der Waals surface area contributed by atoms with Crippen molar-refractivity contribution < 1.29 is 8.42 Å². The van der Waals surface area contributed by atoms with Gasteiger partial charge in [0.1, 0.15) is 0 Å².